The molecule has 1 saturated heterocycles. The molecule has 2 aromatic carbocycles. The van der Waals surface area contributed by atoms with Gasteiger partial charge in [-0.25, -0.2) is 4.79 Å². The fraction of sp³-hybridized carbons (Fsp3) is 0.387. The SMILES string of the molecule is CC(=O)Oc1ccc(C(=O)Nc2cc3ccc(OCC4CCCN(C)C4)c(C)c3oc2=O)cc1CC=C(C)C. The molecule has 0 spiro atoms. The van der Waals surface area contributed by atoms with Crippen molar-refractivity contribution in [1.29, 1.82) is 0 Å². The van der Waals surface area contributed by atoms with Crippen LogP contribution in [-0.2, 0) is 11.2 Å². The van der Waals surface area contributed by atoms with E-state index in [9.17, 15) is 14.4 Å². The molecule has 0 saturated carbocycles. The highest BCUT2D eigenvalue weighted by Gasteiger charge is 2.19. The van der Waals surface area contributed by atoms with Crippen LogP contribution in [0.3, 0.4) is 0 Å². The normalized spacial score (nSPS) is 15.6. The summed E-state index contributed by atoms with van der Waals surface area (Å²) in [6.07, 6.45) is 4.77. The number of hydrogen-bond acceptors (Lipinski definition) is 7. The van der Waals surface area contributed by atoms with Gasteiger partial charge >= 0.3 is 11.6 Å². The third-order valence-electron chi connectivity index (χ3n) is 6.85. The van der Waals surface area contributed by atoms with Crippen molar-refractivity contribution in [2.75, 3.05) is 32.1 Å². The van der Waals surface area contributed by atoms with E-state index in [4.69, 9.17) is 13.9 Å². The van der Waals surface area contributed by atoms with Crippen molar-refractivity contribution in [2.45, 2.75) is 47.0 Å². The average molecular weight is 533 g/mol. The maximum absolute atomic E-state index is 13.1. The summed E-state index contributed by atoms with van der Waals surface area (Å²) >= 11 is 0. The molecule has 4 rings (SSSR count). The Labute approximate surface area is 228 Å². The first-order chi connectivity index (χ1) is 18.6. The Morgan fingerprint density at radius 2 is 1.90 bits per heavy atom. The van der Waals surface area contributed by atoms with Gasteiger partial charge in [0.1, 0.15) is 22.8 Å². The first-order valence-corrected chi connectivity index (χ1v) is 13.3. The number of nitrogens with one attached hydrogen (secondary N) is 1. The minimum Gasteiger partial charge on any atom is -0.493 e. The van der Waals surface area contributed by atoms with Gasteiger partial charge in [-0.05, 0) is 95.6 Å². The van der Waals surface area contributed by atoms with Gasteiger partial charge in [0.05, 0.1) is 6.61 Å². The number of benzene rings is 2. The Kier molecular flexibility index (Phi) is 8.86. The van der Waals surface area contributed by atoms with E-state index >= 15 is 0 Å². The van der Waals surface area contributed by atoms with Crippen molar-refractivity contribution in [3.05, 3.63) is 75.2 Å². The van der Waals surface area contributed by atoms with Crippen LogP contribution < -0.4 is 20.4 Å². The lowest BCUT2D eigenvalue weighted by Gasteiger charge is -2.29. The number of carbonyl (C=O) groups is 2. The van der Waals surface area contributed by atoms with Gasteiger partial charge in [-0.2, -0.15) is 0 Å². The van der Waals surface area contributed by atoms with Gasteiger partial charge in [-0.3, -0.25) is 9.59 Å². The van der Waals surface area contributed by atoms with Crippen LogP contribution in [0.1, 0.15) is 55.1 Å². The fourth-order valence-corrected chi connectivity index (χ4v) is 4.81. The van der Waals surface area contributed by atoms with E-state index in [-0.39, 0.29) is 5.69 Å². The van der Waals surface area contributed by atoms with Crippen molar-refractivity contribution < 1.29 is 23.5 Å². The standard InChI is InChI=1S/C31H36N2O6/c1-19(2)8-9-23-15-25(11-13-28(23)38-21(4)34)30(35)32-26-16-24-10-12-27(20(3)29(24)39-31(26)36)37-18-22-7-6-14-33(5)17-22/h8,10-13,15-16,22H,6-7,9,14,17-18H2,1-5H3,(H,32,35). The van der Waals surface area contributed by atoms with Crippen LogP contribution in [0, 0.1) is 12.8 Å². The molecule has 1 amide bonds. The summed E-state index contributed by atoms with van der Waals surface area (Å²) in [7, 11) is 2.13. The van der Waals surface area contributed by atoms with Crippen LogP contribution in [0.2, 0.25) is 0 Å². The maximum atomic E-state index is 13.1. The second kappa shape index (κ2) is 12.3. The Balaban J connectivity index is 1.53. The second-order valence-electron chi connectivity index (χ2n) is 10.5. The zero-order valence-electron chi connectivity index (χ0n) is 23.3. The lowest BCUT2D eigenvalue weighted by atomic mass is 9.99. The zero-order chi connectivity index (χ0) is 28.1. The highest BCUT2D eigenvalue weighted by atomic mass is 16.5. The Morgan fingerprint density at radius 1 is 1.13 bits per heavy atom. The number of fused-ring (bicyclic) bond motifs is 1. The third-order valence-corrected chi connectivity index (χ3v) is 6.85. The minimum absolute atomic E-state index is 0.0423. The number of amides is 1. The van der Waals surface area contributed by atoms with Crippen molar-refractivity contribution in [3.8, 4) is 11.5 Å². The number of anilines is 1. The molecule has 1 unspecified atom stereocenters. The van der Waals surface area contributed by atoms with E-state index in [0.29, 0.717) is 52.5 Å². The number of rotatable bonds is 8. The molecule has 39 heavy (non-hydrogen) atoms. The molecule has 1 aliphatic heterocycles. The number of aryl methyl sites for hydroxylation is 1. The first kappa shape index (κ1) is 28.1. The molecule has 8 heteroatoms. The van der Waals surface area contributed by atoms with Gasteiger partial charge in [-0.1, -0.05) is 11.6 Å². The van der Waals surface area contributed by atoms with E-state index in [2.05, 4.69) is 17.3 Å². The van der Waals surface area contributed by atoms with Crippen LogP contribution in [0.25, 0.3) is 11.0 Å². The van der Waals surface area contributed by atoms with Gasteiger partial charge in [0.2, 0.25) is 0 Å². The summed E-state index contributed by atoms with van der Waals surface area (Å²) in [6, 6.07) is 10.1. The van der Waals surface area contributed by atoms with Gasteiger partial charge in [-0.15, -0.1) is 0 Å². The van der Waals surface area contributed by atoms with Crippen molar-refractivity contribution >= 4 is 28.5 Å². The zero-order valence-corrected chi connectivity index (χ0v) is 23.3. The topological polar surface area (TPSA) is 98.1 Å². The van der Waals surface area contributed by atoms with E-state index < -0.39 is 17.5 Å². The third kappa shape index (κ3) is 7.15. The molecule has 0 bridgehead atoms. The van der Waals surface area contributed by atoms with Gasteiger partial charge < -0.3 is 24.1 Å². The van der Waals surface area contributed by atoms with Crippen molar-refractivity contribution in [3.63, 3.8) is 0 Å². The minimum atomic E-state index is -0.647. The van der Waals surface area contributed by atoms with E-state index in [1.54, 1.807) is 24.3 Å². The molecule has 206 valence electrons. The number of ether oxygens (including phenoxy) is 2. The molecule has 0 aliphatic carbocycles. The number of nitrogens with zero attached hydrogens (tertiary/aromatic N) is 1. The maximum Gasteiger partial charge on any atom is 0.360 e. The molecule has 1 atom stereocenters. The van der Waals surface area contributed by atoms with Gasteiger partial charge in [0.25, 0.3) is 5.91 Å². The second-order valence-corrected chi connectivity index (χ2v) is 10.5. The lowest BCUT2D eigenvalue weighted by Crippen LogP contribution is -2.34. The number of carbonyl (C=O) groups excluding carboxylic acids is 2. The highest BCUT2D eigenvalue weighted by Crippen LogP contribution is 2.29. The molecular formula is C31H36N2O6. The summed E-state index contributed by atoms with van der Waals surface area (Å²) in [4.78, 5) is 39.7. The van der Waals surface area contributed by atoms with Crippen molar-refractivity contribution in [1.82, 2.24) is 4.90 Å². The largest absolute Gasteiger partial charge is 0.493 e. The molecule has 1 aliphatic rings. The van der Waals surface area contributed by atoms with Crippen molar-refractivity contribution in [2.24, 2.45) is 5.92 Å². The molecule has 1 aromatic heterocycles. The van der Waals surface area contributed by atoms with Crippen LogP contribution in [-0.4, -0.2) is 43.5 Å². The van der Waals surface area contributed by atoms with E-state index in [1.165, 1.54) is 6.92 Å². The molecule has 3 aromatic rings. The summed E-state index contributed by atoms with van der Waals surface area (Å²) in [6.45, 7) is 9.86. The number of hydrogen-bond donors (Lipinski definition) is 1. The summed E-state index contributed by atoms with van der Waals surface area (Å²) in [5.41, 5.74) is 2.69. The fourth-order valence-electron chi connectivity index (χ4n) is 4.81. The summed E-state index contributed by atoms with van der Waals surface area (Å²) in [5, 5.41) is 3.36. The monoisotopic (exact) mass is 532 g/mol. The Bertz CT molecular complexity index is 1470. The number of esters is 1. The molecule has 8 nitrogen and oxygen atoms in total. The van der Waals surface area contributed by atoms with Gasteiger partial charge in [0.15, 0.2) is 0 Å². The van der Waals surface area contributed by atoms with E-state index in [0.717, 1.165) is 37.1 Å². The first-order valence-electron chi connectivity index (χ1n) is 13.3. The molecule has 1 N–H and O–H groups in total. The summed E-state index contributed by atoms with van der Waals surface area (Å²) in [5.74, 6) is 0.640. The smallest absolute Gasteiger partial charge is 0.360 e. The number of piperidine rings is 1. The van der Waals surface area contributed by atoms with Crippen LogP contribution in [0.15, 0.2) is 57.3 Å². The number of allylic oxidation sites excluding steroid dienone is 2. The lowest BCUT2D eigenvalue weighted by molar-refractivity contribution is -0.131. The molecule has 2 heterocycles. The predicted octanol–water partition coefficient (Wildman–Crippen LogP) is 5.51. The molecular weight excluding hydrogens is 496 g/mol. The molecule has 0 radical (unpaired) electrons. The Morgan fingerprint density at radius 3 is 2.62 bits per heavy atom. The van der Waals surface area contributed by atoms with Crippen LogP contribution in [0.5, 0.6) is 11.5 Å². The average Bonchev–Trinajstić information content (AvgIpc) is 2.88. The van der Waals surface area contributed by atoms with Gasteiger partial charge in [0, 0.05) is 35.9 Å². The Hall–Kier alpha value is -3.91. The number of likely N-dealkylation sites (tertiary alicyclic amines) is 1. The van der Waals surface area contributed by atoms with E-state index in [1.807, 2.05) is 39.0 Å². The highest BCUT2D eigenvalue weighted by molar-refractivity contribution is 6.05. The molecule has 1 fully saturated rings. The predicted molar refractivity (Wildman–Crippen MR) is 152 cm³/mol. The summed E-state index contributed by atoms with van der Waals surface area (Å²) < 4.78 is 17.0. The van der Waals surface area contributed by atoms with Crippen LogP contribution in [0.4, 0.5) is 5.69 Å². The quantitative estimate of drug-likeness (QED) is 0.177. The van der Waals surface area contributed by atoms with Crippen LogP contribution >= 0.6 is 0 Å².